The summed E-state index contributed by atoms with van der Waals surface area (Å²) in [5.74, 6) is 0. The van der Waals surface area contributed by atoms with Crippen molar-refractivity contribution in [3.63, 3.8) is 0 Å². The first-order valence-electron chi connectivity index (χ1n) is 12.3. The predicted molar refractivity (Wildman–Crippen MR) is 132 cm³/mol. The van der Waals surface area contributed by atoms with E-state index in [1.54, 1.807) is 0 Å². The summed E-state index contributed by atoms with van der Waals surface area (Å²) in [6.45, 7) is 12.4. The highest BCUT2D eigenvalue weighted by atomic mass is 33.1. The topological polar surface area (TPSA) is 18.5 Å². The average Bonchev–Trinajstić information content (AvgIpc) is 2.70. The molecule has 0 saturated carbocycles. The summed E-state index contributed by atoms with van der Waals surface area (Å²) in [7, 11) is 4.43. The van der Waals surface area contributed by atoms with Crippen LogP contribution in [0.25, 0.3) is 0 Å². The van der Waals surface area contributed by atoms with Gasteiger partial charge in [-0.1, -0.05) is 86.8 Å². The molecule has 28 heavy (non-hydrogen) atoms. The highest BCUT2D eigenvalue weighted by Gasteiger charge is 2.15. The Bertz CT molecular complexity index is 262. The molecular formula is C24H50O2S2. The lowest BCUT2D eigenvalue weighted by Gasteiger charge is -2.21. The van der Waals surface area contributed by atoms with Gasteiger partial charge in [-0.25, -0.2) is 0 Å². The SMILES string of the molecule is CCCCCC(CCCCOCC)SSC(CCCCC)CCCCOCC. The van der Waals surface area contributed by atoms with Crippen molar-refractivity contribution in [1.29, 1.82) is 0 Å². The van der Waals surface area contributed by atoms with Crippen molar-refractivity contribution in [3.05, 3.63) is 0 Å². The summed E-state index contributed by atoms with van der Waals surface area (Å²) in [6, 6.07) is 0. The molecule has 0 bridgehead atoms. The third kappa shape index (κ3) is 19.9. The summed E-state index contributed by atoms with van der Waals surface area (Å²) in [4.78, 5) is 0. The maximum Gasteiger partial charge on any atom is 0.0465 e. The Morgan fingerprint density at radius 3 is 1.18 bits per heavy atom. The van der Waals surface area contributed by atoms with Gasteiger partial charge in [0.1, 0.15) is 0 Å². The minimum absolute atomic E-state index is 0.829. The normalized spacial score (nSPS) is 13.7. The first kappa shape index (κ1) is 28.6. The van der Waals surface area contributed by atoms with E-state index in [1.165, 1.54) is 89.9 Å². The van der Waals surface area contributed by atoms with Crippen LogP contribution in [0.2, 0.25) is 0 Å². The summed E-state index contributed by atoms with van der Waals surface area (Å²) in [5.41, 5.74) is 0. The Morgan fingerprint density at radius 2 is 0.857 bits per heavy atom. The highest BCUT2D eigenvalue weighted by molar-refractivity contribution is 8.77. The summed E-state index contributed by atoms with van der Waals surface area (Å²) in [5, 5.41) is 1.66. The molecular weight excluding hydrogens is 384 g/mol. The van der Waals surface area contributed by atoms with Gasteiger partial charge >= 0.3 is 0 Å². The van der Waals surface area contributed by atoms with Gasteiger partial charge < -0.3 is 9.47 Å². The van der Waals surface area contributed by atoms with Gasteiger partial charge in [-0.15, -0.1) is 0 Å². The molecule has 2 unspecified atom stereocenters. The zero-order valence-electron chi connectivity index (χ0n) is 19.5. The number of rotatable bonds is 23. The molecule has 0 aromatic rings. The Morgan fingerprint density at radius 1 is 0.500 bits per heavy atom. The van der Waals surface area contributed by atoms with Crippen molar-refractivity contribution in [2.45, 2.75) is 128 Å². The van der Waals surface area contributed by atoms with Crippen molar-refractivity contribution < 1.29 is 9.47 Å². The van der Waals surface area contributed by atoms with E-state index in [0.717, 1.165) is 36.9 Å². The summed E-state index contributed by atoms with van der Waals surface area (Å²) >= 11 is 0. The lowest BCUT2D eigenvalue weighted by atomic mass is 10.1. The number of ether oxygens (including phenoxy) is 2. The Hall–Kier alpha value is 0.620. The van der Waals surface area contributed by atoms with Crippen LogP contribution < -0.4 is 0 Å². The van der Waals surface area contributed by atoms with Gasteiger partial charge in [-0.05, 0) is 52.4 Å². The summed E-state index contributed by atoms with van der Waals surface area (Å²) < 4.78 is 11.0. The van der Waals surface area contributed by atoms with Crippen LogP contribution in [-0.2, 0) is 9.47 Å². The fourth-order valence-corrected chi connectivity index (χ4v) is 6.79. The number of unbranched alkanes of at least 4 members (excludes halogenated alkanes) is 6. The van der Waals surface area contributed by atoms with Crippen LogP contribution in [0.4, 0.5) is 0 Å². The monoisotopic (exact) mass is 434 g/mol. The van der Waals surface area contributed by atoms with Gasteiger partial charge in [0.2, 0.25) is 0 Å². The molecule has 0 aliphatic rings. The molecule has 4 heteroatoms. The van der Waals surface area contributed by atoms with E-state index in [4.69, 9.17) is 9.47 Å². The number of hydrogen-bond donors (Lipinski definition) is 0. The molecule has 0 spiro atoms. The van der Waals surface area contributed by atoms with Gasteiger partial charge in [-0.2, -0.15) is 0 Å². The molecule has 0 N–H and O–H groups in total. The average molecular weight is 435 g/mol. The maximum absolute atomic E-state index is 5.52. The van der Waals surface area contributed by atoms with Crippen LogP contribution in [0.15, 0.2) is 0 Å². The van der Waals surface area contributed by atoms with Crippen LogP contribution in [0, 0.1) is 0 Å². The second kappa shape index (κ2) is 23.9. The van der Waals surface area contributed by atoms with Crippen molar-refractivity contribution in [2.24, 2.45) is 0 Å². The zero-order valence-corrected chi connectivity index (χ0v) is 21.1. The van der Waals surface area contributed by atoms with E-state index in [9.17, 15) is 0 Å². The molecule has 0 amide bonds. The fraction of sp³-hybridized carbons (Fsp3) is 1.00. The standard InChI is InChI=1S/C24H50O2S2/c1-5-9-11-17-23(19-13-15-21-25-7-3)27-28-24(18-12-10-6-2)20-14-16-22-26-8-4/h23-24H,5-22H2,1-4H3. The Kier molecular flexibility index (Phi) is 24.4. The molecule has 2 atom stereocenters. The van der Waals surface area contributed by atoms with E-state index in [-0.39, 0.29) is 0 Å². The van der Waals surface area contributed by atoms with Gasteiger partial charge in [0, 0.05) is 36.9 Å². The van der Waals surface area contributed by atoms with E-state index in [1.807, 2.05) is 0 Å². The Balaban J connectivity index is 4.28. The lowest BCUT2D eigenvalue weighted by Crippen LogP contribution is -2.07. The van der Waals surface area contributed by atoms with Gasteiger partial charge in [0.25, 0.3) is 0 Å². The molecule has 0 aromatic carbocycles. The molecule has 0 aliphatic heterocycles. The van der Waals surface area contributed by atoms with Gasteiger partial charge in [-0.3, -0.25) is 0 Å². The smallest absolute Gasteiger partial charge is 0.0465 e. The largest absolute Gasteiger partial charge is 0.382 e. The second-order valence-corrected chi connectivity index (χ2v) is 10.7. The van der Waals surface area contributed by atoms with Crippen LogP contribution >= 0.6 is 21.6 Å². The third-order valence-corrected chi connectivity index (χ3v) is 8.69. The fourth-order valence-electron chi connectivity index (χ4n) is 3.32. The van der Waals surface area contributed by atoms with Gasteiger partial charge in [0.05, 0.1) is 0 Å². The maximum atomic E-state index is 5.52. The molecule has 0 saturated heterocycles. The summed E-state index contributed by atoms with van der Waals surface area (Å²) in [6.07, 6.45) is 18.8. The third-order valence-electron chi connectivity index (χ3n) is 5.12. The van der Waals surface area contributed by atoms with Gasteiger partial charge in [0.15, 0.2) is 0 Å². The first-order valence-corrected chi connectivity index (χ1v) is 14.5. The molecule has 0 aliphatic carbocycles. The molecule has 170 valence electrons. The minimum atomic E-state index is 0.829. The minimum Gasteiger partial charge on any atom is -0.382 e. The quantitative estimate of drug-likeness (QED) is 0.118. The van der Waals surface area contributed by atoms with E-state index < -0.39 is 0 Å². The molecule has 0 rings (SSSR count). The van der Waals surface area contributed by atoms with E-state index in [2.05, 4.69) is 49.3 Å². The number of hydrogen-bond acceptors (Lipinski definition) is 4. The first-order chi connectivity index (χ1) is 13.8. The van der Waals surface area contributed by atoms with Crippen LogP contribution in [0.5, 0.6) is 0 Å². The lowest BCUT2D eigenvalue weighted by molar-refractivity contribution is 0.143. The molecule has 0 radical (unpaired) electrons. The Labute approximate surface area is 185 Å². The molecule has 0 heterocycles. The van der Waals surface area contributed by atoms with Crippen LogP contribution in [-0.4, -0.2) is 36.9 Å². The zero-order chi connectivity index (χ0) is 20.7. The molecule has 0 aromatic heterocycles. The highest BCUT2D eigenvalue weighted by Crippen LogP contribution is 2.39. The van der Waals surface area contributed by atoms with E-state index in [0.29, 0.717) is 0 Å². The van der Waals surface area contributed by atoms with Crippen LogP contribution in [0.1, 0.15) is 118 Å². The molecule has 2 nitrogen and oxygen atoms in total. The van der Waals surface area contributed by atoms with E-state index >= 15 is 0 Å². The van der Waals surface area contributed by atoms with Crippen molar-refractivity contribution in [1.82, 2.24) is 0 Å². The van der Waals surface area contributed by atoms with Crippen molar-refractivity contribution in [3.8, 4) is 0 Å². The second-order valence-electron chi connectivity index (χ2n) is 7.81. The van der Waals surface area contributed by atoms with Crippen molar-refractivity contribution >= 4 is 21.6 Å². The predicted octanol–water partition coefficient (Wildman–Crippen LogP) is 8.68. The molecule has 0 fully saturated rings. The van der Waals surface area contributed by atoms with Crippen molar-refractivity contribution in [2.75, 3.05) is 26.4 Å². The van der Waals surface area contributed by atoms with Crippen LogP contribution in [0.3, 0.4) is 0 Å².